The fourth-order valence-corrected chi connectivity index (χ4v) is 2.87. The van der Waals surface area contributed by atoms with Gasteiger partial charge in [-0.1, -0.05) is 19.9 Å². The molecule has 1 aliphatic rings. The maximum atomic E-state index is 12.2. The molecule has 3 rings (SSSR count). The van der Waals surface area contributed by atoms with E-state index in [0.717, 1.165) is 16.5 Å². The van der Waals surface area contributed by atoms with Gasteiger partial charge in [0.1, 0.15) is 0 Å². The van der Waals surface area contributed by atoms with Crippen LogP contribution in [0.5, 0.6) is 0 Å². The van der Waals surface area contributed by atoms with Gasteiger partial charge >= 0.3 is 6.03 Å². The van der Waals surface area contributed by atoms with E-state index in [1.54, 1.807) is 11.1 Å². The first kappa shape index (κ1) is 14.6. The Morgan fingerprint density at radius 3 is 2.91 bits per heavy atom. The molecule has 0 atom stereocenters. The topological polar surface area (TPSA) is 81.2 Å². The highest BCUT2D eigenvalue weighted by atomic mass is 16.2. The van der Waals surface area contributed by atoms with Crippen molar-refractivity contribution in [2.75, 3.05) is 6.54 Å². The van der Waals surface area contributed by atoms with Crippen LogP contribution in [-0.4, -0.2) is 33.2 Å². The summed E-state index contributed by atoms with van der Waals surface area (Å²) in [5.74, 6) is 0.306. The van der Waals surface area contributed by atoms with Crippen molar-refractivity contribution in [3.05, 3.63) is 35.9 Å². The number of aromatic nitrogens is 2. The minimum atomic E-state index is -0.614. The van der Waals surface area contributed by atoms with Crippen LogP contribution in [0, 0.1) is 12.3 Å². The first-order valence-electron chi connectivity index (χ1n) is 7.28. The standard InChI is InChI=1S/C16H18N4O2/c1-10(2)8-19-9-13-11(4-6-15(19)21)3-5-14-12(13)7-18-20(14)16(17)22/h3,5,7,10H,4,8-9H2,1-2H3,(H2,17,22). The number of benzene rings is 1. The average Bonchev–Trinajstić information content (AvgIpc) is 2.82. The Bertz CT molecular complexity index is 748. The molecule has 22 heavy (non-hydrogen) atoms. The Morgan fingerprint density at radius 1 is 1.45 bits per heavy atom. The quantitative estimate of drug-likeness (QED) is 0.914. The molecule has 2 heterocycles. The molecule has 2 aromatic rings. The third-order valence-corrected chi connectivity index (χ3v) is 3.82. The highest BCUT2D eigenvalue weighted by molar-refractivity contribution is 5.93. The van der Waals surface area contributed by atoms with Gasteiger partial charge in [-0.25, -0.2) is 4.79 Å². The highest BCUT2D eigenvalue weighted by Gasteiger charge is 2.24. The van der Waals surface area contributed by atoms with E-state index in [-0.39, 0.29) is 5.91 Å². The first-order chi connectivity index (χ1) is 10.5. The zero-order chi connectivity index (χ0) is 15.9. The third-order valence-electron chi connectivity index (χ3n) is 3.82. The van der Waals surface area contributed by atoms with E-state index in [9.17, 15) is 9.59 Å². The van der Waals surface area contributed by atoms with Gasteiger partial charge in [0.25, 0.3) is 0 Å². The van der Waals surface area contributed by atoms with Gasteiger partial charge in [-0.3, -0.25) is 4.79 Å². The van der Waals surface area contributed by atoms with E-state index in [1.807, 2.05) is 12.1 Å². The summed E-state index contributed by atoms with van der Waals surface area (Å²) < 4.78 is 1.18. The monoisotopic (exact) mass is 298 g/mol. The van der Waals surface area contributed by atoms with E-state index in [0.29, 0.717) is 30.9 Å². The summed E-state index contributed by atoms with van der Waals surface area (Å²) >= 11 is 0. The van der Waals surface area contributed by atoms with E-state index in [2.05, 4.69) is 25.4 Å². The zero-order valence-electron chi connectivity index (χ0n) is 12.7. The second kappa shape index (κ2) is 5.44. The molecule has 0 spiro atoms. The molecule has 6 heteroatoms. The molecule has 2 N–H and O–H groups in total. The van der Waals surface area contributed by atoms with Gasteiger partial charge in [0, 0.05) is 18.5 Å². The maximum absolute atomic E-state index is 12.2. The Kier molecular flexibility index (Phi) is 3.60. The Labute approximate surface area is 128 Å². The molecule has 6 nitrogen and oxygen atoms in total. The second-order valence-corrected chi connectivity index (χ2v) is 5.96. The molecule has 0 saturated carbocycles. The first-order valence-corrected chi connectivity index (χ1v) is 7.28. The normalized spacial score (nSPS) is 15.2. The number of hydrogen-bond acceptors (Lipinski definition) is 3. The highest BCUT2D eigenvalue weighted by Crippen LogP contribution is 2.27. The summed E-state index contributed by atoms with van der Waals surface area (Å²) in [5, 5.41) is 4.92. The van der Waals surface area contributed by atoms with Crippen molar-refractivity contribution in [3.63, 3.8) is 0 Å². The number of amides is 2. The van der Waals surface area contributed by atoms with Crippen LogP contribution < -0.4 is 5.73 Å². The lowest BCUT2D eigenvalue weighted by atomic mass is 10.0. The van der Waals surface area contributed by atoms with Crippen molar-refractivity contribution in [1.82, 2.24) is 14.7 Å². The predicted octanol–water partition coefficient (Wildman–Crippen LogP) is 1.59. The molecule has 0 fully saturated rings. The Hall–Kier alpha value is -2.37. The van der Waals surface area contributed by atoms with Gasteiger partial charge in [-0.2, -0.15) is 9.78 Å². The lowest BCUT2D eigenvalue weighted by Gasteiger charge is -2.23. The molecule has 1 aromatic carbocycles. The molecule has 0 bridgehead atoms. The van der Waals surface area contributed by atoms with Crippen molar-refractivity contribution in [1.29, 1.82) is 0 Å². The smallest absolute Gasteiger partial charge is 0.340 e. The average molecular weight is 298 g/mol. The van der Waals surface area contributed by atoms with Gasteiger partial charge in [-0.05, 0) is 29.5 Å². The van der Waals surface area contributed by atoms with Gasteiger partial charge in [0.15, 0.2) is 0 Å². The predicted molar refractivity (Wildman–Crippen MR) is 81.9 cm³/mol. The van der Waals surface area contributed by atoms with Gasteiger partial charge < -0.3 is 10.6 Å². The molecule has 0 aliphatic carbocycles. The summed E-state index contributed by atoms with van der Waals surface area (Å²) in [4.78, 5) is 25.4. The largest absolute Gasteiger partial charge is 0.350 e. The third kappa shape index (κ3) is 2.45. The minimum Gasteiger partial charge on any atom is -0.350 e. The molecule has 114 valence electrons. The fraction of sp³-hybridized carbons (Fsp3) is 0.375. The van der Waals surface area contributed by atoms with Crippen LogP contribution in [0.25, 0.3) is 10.9 Å². The number of carbonyl (C=O) groups is 2. The number of primary amides is 1. The van der Waals surface area contributed by atoms with E-state index in [4.69, 9.17) is 5.73 Å². The number of nitrogens with two attached hydrogens (primary N) is 1. The van der Waals surface area contributed by atoms with Crippen LogP contribution in [0.4, 0.5) is 4.79 Å². The van der Waals surface area contributed by atoms with Crippen molar-refractivity contribution in [2.24, 2.45) is 11.7 Å². The molecular weight excluding hydrogens is 280 g/mol. The van der Waals surface area contributed by atoms with E-state index in [1.165, 1.54) is 4.68 Å². The minimum absolute atomic E-state index is 0.0691. The number of nitrogens with zero attached hydrogens (tertiary/aromatic N) is 3. The van der Waals surface area contributed by atoms with Crippen LogP contribution in [0.3, 0.4) is 0 Å². The molecule has 0 unspecified atom stereocenters. The summed E-state index contributed by atoms with van der Waals surface area (Å²) in [6.07, 6.45) is 5.03. The van der Waals surface area contributed by atoms with E-state index >= 15 is 0 Å². The van der Waals surface area contributed by atoms with Gasteiger partial charge in [0.05, 0.1) is 18.1 Å². The van der Waals surface area contributed by atoms with Crippen LogP contribution in [0.2, 0.25) is 0 Å². The second-order valence-electron chi connectivity index (χ2n) is 5.96. The van der Waals surface area contributed by atoms with Gasteiger partial charge in [0.2, 0.25) is 5.91 Å². The SMILES string of the molecule is CC(C)CN1Cc2c(ccc3c2cnn3C(N)=O)C[C]C1=O. The number of rotatable bonds is 2. The van der Waals surface area contributed by atoms with Gasteiger partial charge in [-0.15, -0.1) is 0 Å². The zero-order valence-corrected chi connectivity index (χ0v) is 12.7. The summed E-state index contributed by atoms with van der Waals surface area (Å²) in [6, 6.07) is 3.12. The van der Waals surface area contributed by atoms with Crippen molar-refractivity contribution in [2.45, 2.75) is 26.8 Å². The summed E-state index contributed by atoms with van der Waals surface area (Å²) in [6.45, 7) is 5.32. The number of carbonyl (C=O) groups excluding carboxylic acids is 2. The van der Waals surface area contributed by atoms with Crippen molar-refractivity contribution >= 4 is 22.8 Å². The number of hydrogen-bond donors (Lipinski definition) is 1. The molecule has 1 aliphatic heterocycles. The van der Waals surface area contributed by atoms with Crippen LogP contribution >= 0.6 is 0 Å². The van der Waals surface area contributed by atoms with Crippen LogP contribution in [0.1, 0.15) is 25.0 Å². The molecule has 0 saturated heterocycles. The van der Waals surface area contributed by atoms with Crippen molar-refractivity contribution in [3.8, 4) is 0 Å². The van der Waals surface area contributed by atoms with E-state index < -0.39 is 6.03 Å². The lowest BCUT2D eigenvalue weighted by molar-refractivity contribution is -0.128. The molecular formula is C16H18N4O2. The lowest BCUT2D eigenvalue weighted by Crippen LogP contribution is -2.32. The molecule has 2 radical (unpaired) electrons. The summed E-state index contributed by atoms with van der Waals surface area (Å²) in [5.41, 5.74) is 8.06. The molecule has 2 amide bonds. The Balaban J connectivity index is 2.09. The maximum Gasteiger partial charge on any atom is 0.340 e. The number of fused-ring (bicyclic) bond motifs is 3. The summed E-state index contributed by atoms with van der Waals surface area (Å²) in [7, 11) is 0. The molecule has 1 aromatic heterocycles. The van der Waals surface area contributed by atoms with Crippen LogP contribution in [-0.2, 0) is 17.8 Å². The van der Waals surface area contributed by atoms with Crippen LogP contribution in [0.15, 0.2) is 18.3 Å². The Morgan fingerprint density at radius 2 is 2.23 bits per heavy atom. The van der Waals surface area contributed by atoms with Crippen molar-refractivity contribution < 1.29 is 9.59 Å². The fourth-order valence-electron chi connectivity index (χ4n) is 2.87.